The molecule has 0 spiro atoms. The van der Waals surface area contributed by atoms with Crippen LogP contribution in [0.4, 0.5) is 5.69 Å². The van der Waals surface area contributed by atoms with Crippen LogP contribution >= 0.6 is 11.8 Å². The number of rotatable bonds is 8. The van der Waals surface area contributed by atoms with Crippen LogP contribution in [-0.4, -0.2) is 34.9 Å². The van der Waals surface area contributed by atoms with E-state index >= 15 is 0 Å². The van der Waals surface area contributed by atoms with Gasteiger partial charge < -0.3 is 4.42 Å². The Morgan fingerprint density at radius 3 is 2.47 bits per heavy atom. The summed E-state index contributed by atoms with van der Waals surface area (Å²) >= 11 is 1.43. The Morgan fingerprint density at radius 2 is 1.74 bits per heavy atom. The fourth-order valence-corrected chi connectivity index (χ4v) is 4.07. The second-order valence-corrected chi connectivity index (χ2v) is 8.16. The summed E-state index contributed by atoms with van der Waals surface area (Å²) in [7, 11) is 0. The van der Waals surface area contributed by atoms with Gasteiger partial charge in [0, 0.05) is 35.7 Å². The van der Waals surface area contributed by atoms with Crippen molar-refractivity contribution in [3.63, 3.8) is 0 Å². The Balaban J connectivity index is 1.36. The van der Waals surface area contributed by atoms with E-state index in [0.29, 0.717) is 34.8 Å². The van der Waals surface area contributed by atoms with Crippen LogP contribution in [-0.2, 0) is 12.3 Å². The summed E-state index contributed by atoms with van der Waals surface area (Å²) in [6.07, 6.45) is 3.48. The van der Waals surface area contributed by atoms with Gasteiger partial charge in [0.2, 0.25) is 11.8 Å². The molecule has 168 valence electrons. The highest BCUT2D eigenvalue weighted by Gasteiger charge is 2.17. The second-order valence-electron chi connectivity index (χ2n) is 7.21. The molecule has 2 aromatic carbocycles. The lowest BCUT2D eigenvalue weighted by atomic mass is 10.2. The lowest BCUT2D eigenvalue weighted by Crippen LogP contribution is -2.04. The van der Waals surface area contributed by atoms with E-state index in [1.54, 1.807) is 24.5 Å². The van der Waals surface area contributed by atoms with Gasteiger partial charge in [-0.3, -0.25) is 19.7 Å². The topological polar surface area (TPSA) is 126 Å². The number of hydrogen-bond acceptors (Lipinski definition) is 9. The van der Waals surface area contributed by atoms with Crippen LogP contribution in [0.2, 0.25) is 0 Å². The molecular formula is C23H17N7O3S. The first-order valence-corrected chi connectivity index (χ1v) is 11.2. The fourth-order valence-electron chi connectivity index (χ4n) is 3.29. The summed E-state index contributed by atoms with van der Waals surface area (Å²) in [6.45, 7) is 0.596. The maximum absolute atomic E-state index is 10.8. The van der Waals surface area contributed by atoms with Gasteiger partial charge in [-0.2, -0.15) is 0 Å². The molecule has 0 bridgehead atoms. The molecule has 3 heterocycles. The molecule has 0 fully saturated rings. The first-order valence-electron chi connectivity index (χ1n) is 10.2. The largest absolute Gasteiger partial charge is 0.420 e. The van der Waals surface area contributed by atoms with Gasteiger partial charge in [0.15, 0.2) is 11.0 Å². The Bertz CT molecular complexity index is 1400. The molecule has 0 saturated heterocycles. The van der Waals surface area contributed by atoms with E-state index in [4.69, 9.17) is 4.42 Å². The molecule has 11 heteroatoms. The Hall–Kier alpha value is -4.38. The van der Waals surface area contributed by atoms with Gasteiger partial charge in [-0.25, -0.2) is 0 Å². The van der Waals surface area contributed by atoms with Gasteiger partial charge in [-0.1, -0.05) is 42.1 Å². The summed E-state index contributed by atoms with van der Waals surface area (Å²) < 4.78 is 7.79. The Kier molecular flexibility index (Phi) is 6.08. The van der Waals surface area contributed by atoms with Crippen molar-refractivity contribution in [1.82, 2.24) is 29.9 Å². The number of benzene rings is 2. The summed E-state index contributed by atoms with van der Waals surface area (Å²) in [5.74, 6) is 1.82. The quantitative estimate of drug-likeness (QED) is 0.181. The van der Waals surface area contributed by atoms with Crippen molar-refractivity contribution < 1.29 is 9.34 Å². The molecule has 0 unspecified atom stereocenters. The number of pyridine rings is 1. The molecule has 0 saturated carbocycles. The third kappa shape index (κ3) is 4.69. The minimum absolute atomic E-state index is 0.00113. The van der Waals surface area contributed by atoms with Gasteiger partial charge in [0.25, 0.3) is 5.69 Å². The molecule has 10 nitrogen and oxygen atoms in total. The van der Waals surface area contributed by atoms with Crippen LogP contribution in [0.25, 0.3) is 22.8 Å². The minimum atomic E-state index is -0.453. The zero-order valence-corrected chi connectivity index (χ0v) is 18.5. The van der Waals surface area contributed by atoms with Gasteiger partial charge in [0.05, 0.1) is 17.2 Å². The SMILES string of the molecule is O=[N+]([O-])c1ccc(-c2nnc(CSc3nnc(-c4cccnc4)n3Cc3ccccc3)o2)cc1. The predicted molar refractivity (Wildman–Crippen MR) is 125 cm³/mol. The third-order valence-electron chi connectivity index (χ3n) is 4.94. The standard InChI is InChI=1S/C23H17N7O3S/c31-30(32)19-10-8-17(9-11-19)22-27-25-20(33-22)15-34-23-28-26-21(18-7-4-12-24-13-18)29(23)14-16-5-2-1-3-6-16/h1-13H,14-15H2. The molecule has 0 atom stereocenters. The van der Waals surface area contributed by atoms with E-state index in [1.807, 2.05) is 34.9 Å². The van der Waals surface area contributed by atoms with E-state index < -0.39 is 4.92 Å². The van der Waals surface area contributed by atoms with E-state index in [2.05, 4.69) is 37.5 Å². The summed E-state index contributed by atoms with van der Waals surface area (Å²) in [6, 6.07) is 19.8. The lowest BCUT2D eigenvalue weighted by Gasteiger charge is -2.10. The van der Waals surface area contributed by atoms with Crippen molar-refractivity contribution in [3.05, 3.63) is 101 Å². The van der Waals surface area contributed by atoms with Crippen molar-refractivity contribution in [2.24, 2.45) is 0 Å². The smallest absolute Gasteiger partial charge is 0.269 e. The lowest BCUT2D eigenvalue weighted by molar-refractivity contribution is -0.384. The number of non-ortho nitro benzene ring substituents is 1. The normalized spacial score (nSPS) is 10.9. The average molecular weight is 472 g/mol. The van der Waals surface area contributed by atoms with E-state index in [0.717, 1.165) is 17.0 Å². The van der Waals surface area contributed by atoms with Crippen LogP contribution in [0.5, 0.6) is 0 Å². The van der Waals surface area contributed by atoms with Gasteiger partial charge in [-0.05, 0) is 29.8 Å². The molecule has 5 rings (SSSR count). The van der Waals surface area contributed by atoms with Crippen molar-refractivity contribution in [2.75, 3.05) is 0 Å². The van der Waals surface area contributed by atoms with E-state index in [1.165, 1.54) is 23.9 Å². The first-order chi connectivity index (χ1) is 16.7. The van der Waals surface area contributed by atoms with Gasteiger partial charge in [-0.15, -0.1) is 20.4 Å². The molecule has 0 amide bonds. The van der Waals surface area contributed by atoms with Crippen LogP contribution < -0.4 is 0 Å². The summed E-state index contributed by atoms with van der Waals surface area (Å²) in [5.41, 5.74) is 2.60. The van der Waals surface area contributed by atoms with Crippen molar-refractivity contribution in [2.45, 2.75) is 17.5 Å². The molecule has 34 heavy (non-hydrogen) atoms. The number of aromatic nitrogens is 6. The van der Waals surface area contributed by atoms with Gasteiger partial charge in [0.1, 0.15) is 0 Å². The zero-order chi connectivity index (χ0) is 23.3. The highest BCUT2D eigenvalue weighted by atomic mass is 32.2. The van der Waals surface area contributed by atoms with Gasteiger partial charge >= 0.3 is 0 Å². The Labute approximate surface area is 197 Å². The number of nitro groups is 1. The van der Waals surface area contributed by atoms with Crippen molar-refractivity contribution in [3.8, 4) is 22.8 Å². The molecule has 0 aliphatic carbocycles. The van der Waals surface area contributed by atoms with Crippen LogP contribution in [0.3, 0.4) is 0 Å². The molecule has 0 radical (unpaired) electrons. The van der Waals surface area contributed by atoms with Crippen LogP contribution in [0.1, 0.15) is 11.5 Å². The molecule has 5 aromatic rings. The zero-order valence-electron chi connectivity index (χ0n) is 17.7. The minimum Gasteiger partial charge on any atom is -0.420 e. The predicted octanol–water partition coefficient (Wildman–Crippen LogP) is 4.64. The highest BCUT2D eigenvalue weighted by Crippen LogP contribution is 2.28. The Morgan fingerprint density at radius 1 is 0.912 bits per heavy atom. The maximum Gasteiger partial charge on any atom is 0.269 e. The molecular weight excluding hydrogens is 454 g/mol. The molecule has 0 aliphatic rings. The summed E-state index contributed by atoms with van der Waals surface area (Å²) in [4.78, 5) is 14.6. The monoisotopic (exact) mass is 471 g/mol. The average Bonchev–Trinajstić information content (AvgIpc) is 3.51. The maximum atomic E-state index is 10.8. The van der Waals surface area contributed by atoms with Crippen LogP contribution in [0.15, 0.2) is 88.7 Å². The van der Waals surface area contributed by atoms with E-state index in [-0.39, 0.29) is 5.69 Å². The number of thioether (sulfide) groups is 1. The number of nitrogens with zero attached hydrogens (tertiary/aromatic N) is 7. The second kappa shape index (κ2) is 9.63. The van der Waals surface area contributed by atoms with Crippen LogP contribution in [0, 0.1) is 10.1 Å². The van der Waals surface area contributed by atoms with E-state index in [9.17, 15) is 10.1 Å². The van der Waals surface area contributed by atoms with Crippen molar-refractivity contribution in [1.29, 1.82) is 0 Å². The molecule has 0 aliphatic heterocycles. The fraction of sp³-hybridized carbons (Fsp3) is 0.0870. The summed E-state index contributed by atoms with van der Waals surface area (Å²) in [5, 5.41) is 28.5. The van der Waals surface area contributed by atoms with Crippen molar-refractivity contribution >= 4 is 17.4 Å². The molecule has 0 N–H and O–H groups in total. The number of hydrogen-bond donors (Lipinski definition) is 0. The number of nitro benzene ring substituents is 1. The third-order valence-corrected chi connectivity index (χ3v) is 5.89. The first kappa shape index (κ1) is 21.5. The highest BCUT2D eigenvalue weighted by molar-refractivity contribution is 7.98. The molecule has 3 aromatic heterocycles.